The first-order chi connectivity index (χ1) is 7.07. The number of hydrogen-bond acceptors (Lipinski definition) is 4. The topological polar surface area (TPSA) is 89.6 Å². The molecule has 0 amide bonds. The van der Waals surface area contributed by atoms with Gasteiger partial charge in [-0.1, -0.05) is 19.8 Å². The molecule has 1 atom stereocenters. The first-order valence-electron chi connectivity index (χ1n) is 5.22. The van der Waals surface area contributed by atoms with Crippen molar-refractivity contribution in [2.45, 2.75) is 45.1 Å². The molecular formula is C10H22AlNO4. The van der Waals surface area contributed by atoms with E-state index in [-0.39, 0.29) is 30.2 Å². The van der Waals surface area contributed by atoms with E-state index in [0.29, 0.717) is 6.61 Å². The van der Waals surface area contributed by atoms with E-state index >= 15 is 0 Å². The van der Waals surface area contributed by atoms with Gasteiger partial charge in [0.2, 0.25) is 0 Å². The summed E-state index contributed by atoms with van der Waals surface area (Å²) in [5, 5.41) is 8.38. The van der Waals surface area contributed by atoms with Crippen LogP contribution in [0.2, 0.25) is 0 Å². The van der Waals surface area contributed by atoms with Gasteiger partial charge in [0.25, 0.3) is 0 Å². The first-order valence-corrected chi connectivity index (χ1v) is 5.22. The quantitative estimate of drug-likeness (QED) is 0.350. The van der Waals surface area contributed by atoms with Crippen LogP contribution in [0.3, 0.4) is 0 Å². The summed E-state index contributed by atoms with van der Waals surface area (Å²) >= 11 is 0. The molecule has 1 unspecified atom stereocenters. The average molecular weight is 247 g/mol. The monoisotopic (exact) mass is 247 g/mol. The van der Waals surface area contributed by atoms with E-state index in [1.807, 2.05) is 0 Å². The van der Waals surface area contributed by atoms with Crippen LogP contribution in [0.25, 0.3) is 0 Å². The summed E-state index contributed by atoms with van der Waals surface area (Å²) in [5.74, 6) is -1.46. The van der Waals surface area contributed by atoms with Gasteiger partial charge in [-0.15, -0.1) is 0 Å². The van der Waals surface area contributed by atoms with Gasteiger partial charge >= 0.3 is 11.9 Å². The molecule has 5 nitrogen and oxygen atoms in total. The maximum atomic E-state index is 11.2. The molecular weight excluding hydrogens is 225 g/mol. The number of hydrogen-bond donors (Lipinski definition) is 2. The summed E-state index contributed by atoms with van der Waals surface area (Å²) in [6.45, 7) is 2.42. The van der Waals surface area contributed by atoms with Gasteiger partial charge in [-0.05, 0) is 12.8 Å². The molecule has 0 saturated heterocycles. The third-order valence-electron chi connectivity index (χ3n) is 1.96. The lowest BCUT2D eigenvalue weighted by Gasteiger charge is -2.09. The molecule has 16 heavy (non-hydrogen) atoms. The van der Waals surface area contributed by atoms with Crippen molar-refractivity contribution in [3.63, 3.8) is 0 Å². The van der Waals surface area contributed by atoms with Crippen molar-refractivity contribution < 1.29 is 19.4 Å². The summed E-state index contributed by atoms with van der Waals surface area (Å²) in [6.07, 6.45) is 2.92. The van der Waals surface area contributed by atoms with Crippen molar-refractivity contribution >= 4 is 29.3 Å². The van der Waals surface area contributed by atoms with Crippen molar-refractivity contribution in [3.8, 4) is 0 Å². The van der Waals surface area contributed by atoms with Crippen LogP contribution < -0.4 is 5.73 Å². The SMILES string of the molecule is CCCCCOC(=O)C(N)CCC(=O)O.[AlH3]. The maximum absolute atomic E-state index is 11.2. The standard InChI is InChI=1S/C10H19NO4.Al.3H/c1-2-3-4-7-15-10(14)8(11)5-6-9(12)13;;;;/h8H,2-7,11H2,1H3,(H,12,13);;;;. The summed E-state index contributed by atoms with van der Waals surface area (Å²) in [6, 6.07) is -0.817. The second-order valence-electron chi connectivity index (χ2n) is 3.41. The maximum Gasteiger partial charge on any atom is 0.322 e. The van der Waals surface area contributed by atoms with Crippen molar-refractivity contribution in [1.82, 2.24) is 0 Å². The zero-order valence-corrected chi connectivity index (χ0v) is 9.07. The molecule has 0 radical (unpaired) electrons. The number of carboxylic acid groups (broad SMARTS) is 1. The summed E-state index contributed by atoms with van der Waals surface area (Å²) in [4.78, 5) is 21.4. The number of carboxylic acids is 1. The zero-order chi connectivity index (χ0) is 11.7. The fourth-order valence-corrected chi connectivity index (χ4v) is 1.03. The molecule has 94 valence electrons. The van der Waals surface area contributed by atoms with E-state index in [1.165, 1.54) is 0 Å². The first kappa shape index (κ1) is 17.8. The number of unbranched alkanes of at least 4 members (excludes halogenated alkanes) is 2. The van der Waals surface area contributed by atoms with Crippen molar-refractivity contribution in [2.24, 2.45) is 5.73 Å². The molecule has 0 rings (SSSR count). The molecule has 0 saturated carbocycles. The molecule has 0 aromatic rings. The molecule has 0 aliphatic rings. The number of rotatable bonds is 8. The van der Waals surface area contributed by atoms with E-state index in [9.17, 15) is 9.59 Å². The minimum atomic E-state index is -0.954. The van der Waals surface area contributed by atoms with Crippen LogP contribution in [0.5, 0.6) is 0 Å². The summed E-state index contributed by atoms with van der Waals surface area (Å²) < 4.78 is 4.88. The minimum absolute atomic E-state index is 0. The molecule has 0 bridgehead atoms. The normalized spacial score (nSPS) is 11.4. The van der Waals surface area contributed by atoms with Crippen molar-refractivity contribution in [2.75, 3.05) is 6.61 Å². The number of carbonyl (C=O) groups is 2. The van der Waals surface area contributed by atoms with E-state index in [2.05, 4.69) is 6.92 Å². The van der Waals surface area contributed by atoms with E-state index < -0.39 is 18.0 Å². The number of aliphatic carboxylic acids is 1. The predicted molar refractivity (Wildman–Crippen MR) is 65.3 cm³/mol. The number of nitrogens with two attached hydrogens (primary N) is 1. The Kier molecular flexibility index (Phi) is 12.2. The Labute approximate surface area is 106 Å². The molecule has 0 aromatic carbocycles. The van der Waals surface area contributed by atoms with E-state index in [1.54, 1.807) is 0 Å². The van der Waals surface area contributed by atoms with Crippen LogP contribution in [-0.2, 0) is 14.3 Å². The highest BCUT2D eigenvalue weighted by Crippen LogP contribution is 1.99. The predicted octanol–water partition coefficient (Wildman–Crippen LogP) is -0.272. The van der Waals surface area contributed by atoms with Crippen molar-refractivity contribution in [1.29, 1.82) is 0 Å². The lowest BCUT2D eigenvalue weighted by molar-refractivity contribution is -0.145. The van der Waals surface area contributed by atoms with E-state index in [4.69, 9.17) is 15.6 Å². The minimum Gasteiger partial charge on any atom is -0.481 e. The smallest absolute Gasteiger partial charge is 0.322 e. The van der Waals surface area contributed by atoms with Gasteiger partial charge in [-0.25, -0.2) is 0 Å². The largest absolute Gasteiger partial charge is 0.481 e. The molecule has 0 heterocycles. The van der Waals surface area contributed by atoms with Gasteiger partial charge in [0.05, 0.1) is 6.61 Å². The summed E-state index contributed by atoms with van der Waals surface area (Å²) in [5.41, 5.74) is 5.44. The van der Waals surface area contributed by atoms with Crippen LogP contribution in [-0.4, -0.2) is 47.1 Å². The number of carbonyl (C=O) groups excluding carboxylic acids is 1. The third-order valence-corrected chi connectivity index (χ3v) is 1.96. The highest BCUT2D eigenvalue weighted by molar-refractivity contribution is 5.76. The van der Waals surface area contributed by atoms with Gasteiger partial charge in [0, 0.05) is 6.42 Å². The molecule has 0 aliphatic carbocycles. The van der Waals surface area contributed by atoms with Gasteiger partial charge in [0.1, 0.15) is 6.04 Å². The van der Waals surface area contributed by atoms with Gasteiger partial charge in [-0.2, -0.15) is 0 Å². The molecule has 6 heteroatoms. The lowest BCUT2D eigenvalue weighted by Crippen LogP contribution is -2.33. The Morgan fingerprint density at radius 2 is 2.00 bits per heavy atom. The Hall–Kier alpha value is -0.568. The molecule has 0 fully saturated rings. The molecule has 0 spiro atoms. The van der Waals surface area contributed by atoms with Gasteiger partial charge in [0.15, 0.2) is 17.4 Å². The van der Waals surface area contributed by atoms with Crippen LogP contribution in [0, 0.1) is 0 Å². The zero-order valence-electron chi connectivity index (χ0n) is 9.07. The van der Waals surface area contributed by atoms with Crippen LogP contribution in [0.4, 0.5) is 0 Å². The molecule has 0 aliphatic heterocycles. The Bertz CT molecular complexity index is 211. The second-order valence-corrected chi connectivity index (χ2v) is 3.41. The third kappa shape index (κ3) is 9.97. The highest BCUT2D eigenvalue weighted by Gasteiger charge is 2.15. The Balaban J connectivity index is 0. The van der Waals surface area contributed by atoms with Gasteiger partial charge in [-0.3, -0.25) is 9.59 Å². The summed E-state index contributed by atoms with van der Waals surface area (Å²) in [7, 11) is 0. The second kappa shape index (κ2) is 10.9. The molecule has 3 N–H and O–H groups in total. The average Bonchev–Trinajstić information content (AvgIpc) is 2.20. The van der Waals surface area contributed by atoms with E-state index in [0.717, 1.165) is 19.3 Å². The fourth-order valence-electron chi connectivity index (χ4n) is 1.03. The Morgan fingerprint density at radius 3 is 2.50 bits per heavy atom. The van der Waals surface area contributed by atoms with Gasteiger partial charge < -0.3 is 15.6 Å². The number of esters is 1. The van der Waals surface area contributed by atoms with Crippen LogP contribution in [0.1, 0.15) is 39.0 Å². The highest BCUT2D eigenvalue weighted by atomic mass is 27.0. The lowest BCUT2D eigenvalue weighted by atomic mass is 10.2. The Morgan fingerprint density at radius 1 is 1.38 bits per heavy atom. The molecule has 0 aromatic heterocycles. The van der Waals surface area contributed by atoms with Crippen LogP contribution in [0.15, 0.2) is 0 Å². The van der Waals surface area contributed by atoms with Crippen LogP contribution >= 0.6 is 0 Å². The number of ether oxygens (including phenoxy) is 1. The van der Waals surface area contributed by atoms with Crippen molar-refractivity contribution in [3.05, 3.63) is 0 Å². The fraction of sp³-hybridized carbons (Fsp3) is 0.800.